The summed E-state index contributed by atoms with van der Waals surface area (Å²) in [5.74, 6) is 0. The van der Waals surface area contributed by atoms with Crippen molar-refractivity contribution < 1.29 is 0 Å². The standard InChI is InChI=1S/C12H18Br2S/c1-11(2,3)9-7(13)8(14)10(15-9)12(4,5)6/h1-6H3. The van der Waals surface area contributed by atoms with Gasteiger partial charge in [-0.05, 0) is 42.7 Å². The summed E-state index contributed by atoms with van der Waals surface area (Å²) in [6, 6.07) is 0. The Balaban J connectivity index is 3.38. The molecule has 1 heterocycles. The Morgan fingerprint density at radius 2 is 1.00 bits per heavy atom. The van der Waals surface area contributed by atoms with Crippen LogP contribution in [-0.2, 0) is 10.8 Å². The lowest BCUT2D eigenvalue weighted by Gasteiger charge is -2.18. The zero-order valence-electron chi connectivity index (χ0n) is 10.2. The Morgan fingerprint density at radius 3 is 1.13 bits per heavy atom. The van der Waals surface area contributed by atoms with E-state index in [-0.39, 0.29) is 10.8 Å². The van der Waals surface area contributed by atoms with E-state index in [0.717, 1.165) is 0 Å². The van der Waals surface area contributed by atoms with Crippen molar-refractivity contribution in [3.8, 4) is 0 Å². The van der Waals surface area contributed by atoms with Crippen LogP contribution in [0.5, 0.6) is 0 Å². The van der Waals surface area contributed by atoms with Gasteiger partial charge in [0.2, 0.25) is 0 Å². The minimum Gasteiger partial charge on any atom is -0.142 e. The van der Waals surface area contributed by atoms with Crippen molar-refractivity contribution in [1.82, 2.24) is 0 Å². The Hall–Kier alpha value is 0.660. The second-order valence-electron chi connectivity index (χ2n) is 5.89. The summed E-state index contributed by atoms with van der Waals surface area (Å²) in [6.45, 7) is 13.5. The SMILES string of the molecule is CC(C)(C)c1sc(C(C)(C)C)c(Br)c1Br. The zero-order chi connectivity index (χ0) is 12.0. The fourth-order valence-electron chi connectivity index (χ4n) is 1.36. The first-order valence-corrected chi connectivity index (χ1v) is 7.44. The lowest BCUT2D eigenvalue weighted by molar-refractivity contribution is 0.600. The summed E-state index contributed by atoms with van der Waals surface area (Å²) in [6.07, 6.45) is 0. The molecule has 0 radical (unpaired) electrons. The van der Waals surface area contributed by atoms with E-state index in [1.807, 2.05) is 11.3 Å². The number of rotatable bonds is 0. The van der Waals surface area contributed by atoms with Gasteiger partial charge in [0.05, 0.1) is 0 Å². The van der Waals surface area contributed by atoms with E-state index in [4.69, 9.17) is 0 Å². The third kappa shape index (κ3) is 2.86. The van der Waals surface area contributed by atoms with Crippen molar-refractivity contribution in [1.29, 1.82) is 0 Å². The summed E-state index contributed by atoms with van der Waals surface area (Å²) in [5, 5.41) is 0. The molecule has 0 spiro atoms. The predicted molar refractivity (Wildman–Crippen MR) is 77.1 cm³/mol. The predicted octanol–water partition coefficient (Wildman–Crippen LogP) is 5.87. The van der Waals surface area contributed by atoms with E-state index in [9.17, 15) is 0 Å². The van der Waals surface area contributed by atoms with Gasteiger partial charge in [-0.25, -0.2) is 0 Å². The van der Waals surface area contributed by atoms with Crippen LogP contribution < -0.4 is 0 Å². The molecule has 1 rings (SSSR count). The molecule has 0 nitrogen and oxygen atoms in total. The second kappa shape index (κ2) is 4.15. The lowest BCUT2D eigenvalue weighted by Crippen LogP contribution is -2.10. The van der Waals surface area contributed by atoms with Crippen molar-refractivity contribution in [3.05, 3.63) is 18.7 Å². The highest BCUT2D eigenvalue weighted by Crippen LogP contribution is 2.47. The van der Waals surface area contributed by atoms with Gasteiger partial charge in [0, 0.05) is 18.7 Å². The number of hydrogen-bond acceptors (Lipinski definition) is 1. The van der Waals surface area contributed by atoms with E-state index in [1.165, 1.54) is 18.7 Å². The quantitative estimate of drug-likeness (QED) is 0.547. The molecule has 0 N–H and O–H groups in total. The van der Waals surface area contributed by atoms with E-state index in [2.05, 4.69) is 73.4 Å². The molecule has 1 aromatic rings. The van der Waals surface area contributed by atoms with Crippen molar-refractivity contribution in [2.75, 3.05) is 0 Å². The fourth-order valence-corrected chi connectivity index (χ4v) is 4.89. The molecule has 0 unspecified atom stereocenters. The first kappa shape index (κ1) is 13.7. The van der Waals surface area contributed by atoms with Gasteiger partial charge in [0.25, 0.3) is 0 Å². The van der Waals surface area contributed by atoms with Crippen LogP contribution in [0.25, 0.3) is 0 Å². The third-order valence-corrected chi connectivity index (χ3v) is 6.84. The van der Waals surface area contributed by atoms with Gasteiger partial charge in [0.15, 0.2) is 0 Å². The van der Waals surface area contributed by atoms with Crippen molar-refractivity contribution in [2.45, 2.75) is 52.4 Å². The maximum atomic E-state index is 3.69. The maximum absolute atomic E-state index is 3.69. The van der Waals surface area contributed by atoms with Gasteiger partial charge in [-0.15, -0.1) is 11.3 Å². The molecule has 0 fully saturated rings. The molecule has 15 heavy (non-hydrogen) atoms. The Morgan fingerprint density at radius 1 is 0.733 bits per heavy atom. The van der Waals surface area contributed by atoms with Crippen LogP contribution in [-0.4, -0.2) is 0 Å². The van der Waals surface area contributed by atoms with Crippen LogP contribution in [0, 0.1) is 0 Å². The fraction of sp³-hybridized carbons (Fsp3) is 0.667. The highest BCUT2D eigenvalue weighted by atomic mass is 79.9. The Kier molecular flexibility index (Phi) is 3.80. The van der Waals surface area contributed by atoms with Crippen LogP contribution in [0.3, 0.4) is 0 Å². The molecule has 0 aliphatic heterocycles. The highest BCUT2D eigenvalue weighted by molar-refractivity contribution is 9.13. The lowest BCUT2D eigenvalue weighted by atomic mass is 9.93. The molecule has 3 heteroatoms. The molecule has 1 aromatic heterocycles. The van der Waals surface area contributed by atoms with Gasteiger partial charge in [0.1, 0.15) is 0 Å². The molecule has 0 bridgehead atoms. The average Bonchev–Trinajstić information content (AvgIpc) is 2.26. The largest absolute Gasteiger partial charge is 0.142 e. The van der Waals surface area contributed by atoms with Gasteiger partial charge < -0.3 is 0 Å². The number of thiophene rings is 1. The molecule has 0 saturated heterocycles. The summed E-state index contributed by atoms with van der Waals surface area (Å²) < 4.78 is 2.45. The Bertz CT molecular complexity index is 330. The van der Waals surface area contributed by atoms with Gasteiger partial charge >= 0.3 is 0 Å². The summed E-state index contributed by atoms with van der Waals surface area (Å²) in [5.41, 5.74) is 0.408. The topological polar surface area (TPSA) is 0 Å². The molecule has 0 saturated carbocycles. The van der Waals surface area contributed by atoms with Gasteiger partial charge in [-0.2, -0.15) is 0 Å². The van der Waals surface area contributed by atoms with E-state index < -0.39 is 0 Å². The molecular formula is C12H18Br2S. The minimum atomic E-state index is 0.204. The summed E-state index contributed by atoms with van der Waals surface area (Å²) in [4.78, 5) is 2.83. The Labute approximate surface area is 114 Å². The van der Waals surface area contributed by atoms with Gasteiger partial charge in [-0.1, -0.05) is 41.5 Å². The molecule has 0 aliphatic rings. The van der Waals surface area contributed by atoms with E-state index >= 15 is 0 Å². The highest BCUT2D eigenvalue weighted by Gasteiger charge is 2.28. The zero-order valence-corrected chi connectivity index (χ0v) is 14.2. The van der Waals surface area contributed by atoms with Crippen LogP contribution in [0.1, 0.15) is 51.3 Å². The molecule has 0 amide bonds. The first-order valence-electron chi connectivity index (χ1n) is 5.04. The minimum absolute atomic E-state index is 0.204. The van der Waals surface area contributed by atoms with E-state index in [1.54, 1.807) is 0 Å². The second-order valence-corrected chi connectivity index (χ2v) is 8.49. The van der Waals surface area contributed by atoms with Crippen molar-refractivity contribution in [3.63, 3.8) is 0 Å². The van der Waals surface area contributed by atoms with Crippen LogP contribution in [0.4, 0.5) is 0 Å². The third-order valence-electron chi connectivity index (χ3n) is 2.16. The summed E-state index contributed by atoms with van der Waals surface area (Å²) in [7, 11) is 0. The van der Waals surface area contributed by atoms with E-state index in [0.29, 0.717) is 0 Å². The molecule has 86 valence electrons. The average molecular weight is 354 g/mol. The summed E-state index contributed by atoms with van der Waals surface area (Å²) >= 11 is 9.29. The monoisotopic (exact) mass is 352 g/mol. The smallest absolute Gasteiger partial charge is 0.0465 e. The molecule has 0 aromatic carbocycles. The van der Waals surface area contributed by atoms with Crippen molar-refractivity contribution >= 4 is 43.2 Å². The first-order chi connectivity index (χ1) is 6.55. The van der Waals surface area contributed by atoms with Crippen molar-refractivity contribution in [2.24, 2.45) is 0 Å². The maximum Gasteiger partial charge on any atom is 0.0465 e. The molecule has 0 aliphatic carbocycles. The molecular weight excluding hydrogens is 336 g/mol. The number of halogens is 2. The normalized spacial score (nSPS) is 13.3. The number of hydrogen-bond donors (Lipinski definition) is 0. The van der Waals surface area contributed by atoms with Crippen LogP contribution >= 0.6 is 43.2 Å². The van der Waals surface area contributed by atoms with Crippen LogP contribution in [0.15, 0.2) is 8.95 Å². The van der Waals surface area contributed by atoms with Crippen LogP contribution in [0.2, 0.25) is 0 Å². The molecule has 0 atom stereocenters. The van der Waals surface area contributed by atoms with Gasteiger partial charge in [-0.3, -0.25) is 0 Å².